The number of fused-ring (bicyclic) bond motifs is 1. The molecule has 0 bridgehead atoms. The largest absolute Gasteiger partial charge is 0.464 e. The molecule has 1 aliphatic heterocycles. The van der Waals surface area contributed by atoms with Crippen LogP contribution in [0.3, 0.4) is 0 Å². The van der Waals surface area contributed by atoms with Crippen molar-refractivity contribution in [2.24, 2.45) is 5.92 Å². The highest BCUT2D eigenvalue weighted by atomic mass is 32.1. The molecule has 120 valence electrons. The Morgan fingerprint density at radius 2 is 2.30 bits per heavy atom. The van der Waals surface area contributed by atoms with Crippen LogP contribution in [-0.2, 0) is 17.7 Å². The Bertz CT molecular complexity index is 753. The zero-order valence-electron chi connectivity index (χ0n) is 13.0. The standard InChI is InChI=1S/C18H20N2O2S/c1-2-16-3-5-22-18(16)8-14(1)7-15-10-20(4-6-21-12-15)11-17-9-19-13-23-17/h1-3,5,8-9,13,15H,4,6-7,10-12H2. The van der Waals surface area contributed by atoms with E-state index in [9.17, 15) is 0 Å². The van der Waals surface area contributed by atoms with Crippen molar-refractivity contribution in [2.45, 2.75) is 13.0 Å². The van der Waals surface area contributed by atoms with Crippen LogP contribution < -0.4 is 0 Å². The van der Waals surface area contributed by atoms with Crippen LogP contribution in [-0.4, -0.2) is 36.2 Å². The van der Waals surface area contributed by atoms with Crippen molar-refractivity contribution in [2.75, 3.05) is 26.3 Å². The molecule has 23 heavy (non-hydrogen) atoms. The topological polar surface area (TPSA) is 38.5 Å². The molecule has 0 N–H and O–H groups in total. The summed E-state index contributed by atoms with van der Waals surface area (Å²) >= 11 is 1.72. The summed E-state index contributed by atoms with van der Waals surface area (Å²) < 4.78 is 11.3. The maximum atomic E-state index is 5.82. The number of benzene rings is 1. The molecule has 1 aliphatic rings. The van der Waals surface area contributed by atoms with Crippen LogP contribution in [0, 0.1) is 5.92 Å². The fourth-order valence-corrected chi connectivity index (χ4v) is 3.86. The van der Waals surface area contributed by atoms with Crippen LogP contribution in [0.15, 0.2) is 46.7 Å². The minimum atomic E-state index is 0.512. The number of hydrogen-bond donors (Lipinski definition) is 0. The van der Waals surface area contributed by atoms with E-state index in [2.05, 4.69) is 28.1 Å². The van der Waals surface area contributed by atoms with E-state index in [1.54, 1.807) is 17.6 Å². The summed E-state index contributed by atoms with van der Waals surface area (Å²) in [6.07, 6.45) is 4.74. The van der Waals surface area contributed by atoms with Crippen molar-refractivity contribution in [3.05, 3.63) is 52.7 Å². The summed E-state index contributed by atoms with van der Waals surface area (Å²) in [5, 5.41) is 1.16. The average molecular weight is 328 g/mol. The van der Waals surface area contributed by atoms with Gasteiger partial charge in [-0.25, -0.2) is 0 Å². The molecular formula is C18H20N2O2S. The highest BCUT2D eigenvalue weighted by Crippen LogP contribution is 2.21. The van der Waals surface area contributed by atoms with Crippen molar-refractivity contribution in [1.82, 2.24) is 9.88 Å². The predicted molar refractivity (Wildman–Crippen MR) is 91.6 cm³/mol. The van der Waals surface area contributed by atoms with Crippen LogP contribution in [0.5, 0.6) is 0 Å². The molecule has 0 spiro atoms. The summed E-state index contributed by atoms with van der Waals surface area (Å²) in [5.41, 5.74) is 4.19. The molecule has 1 saturated heterocycles. The fraction of sp³-hybridized carbons (Fsp3) is 0.389. The number of hydrogen-bond acceptors (Lipinski definition) is 5. The molecule has 1 atom stereocenters. The highest BCUT2D eigenvalue weighted by molar-refractivity contribution is 7.09. The van der Waals surface area contributed by atoms with Crippen LogP contribution in [0.1, 0.15) is 10.4 Å². The van der Waals surface area contributed by atoms with Crippen molar-refractivity contribution in [3.8, 4) is 0 Å². The molecular weight excluding hydrogens is 308 g/mol. The zero-order valence-corrected chi connectivity index (χ0v) is 13.8. The molecule has 3 heterocycles. The van der Waals surface area contributed by atoms with Gasteiger partial charge in [-0.15, -0.1) is 11.3 Å². The lowest BCUT2D eigenvalue weighted by Gasteiger charge is -2.22. The lowest BCUT2D eigenvalue weighted by atomic mass is 9.99. The van der Waals surface area contributed by atoms with E-state index in [4.69, 9.17) is 9.15 Å². The number of nitrogens with zero attached hydrogens (tertiary/aromatic N) is 2. The second-order valence-electron chi connectivity index (χ2n) is 6.14. The van der Waals surface area contributed by atoms with Gasteiger partial charge in [0.15, 0.2) is 0 Å². The fourth-order valence-electron chi connectivity index (χ4n) is 3.22. The third-order valence-corrected chi connectivity index (χ3v) is 5.09. The number of rotatable bonds is 4. The third kappa shape index (κ3) is 3.63. The lowest BCUT2D eigenvalue weighted by molar-refractivity contribution is 0.122. The van der Waals surface area contributed by atoms with Gasteiger partial charge in [-0.2, -0.15) is 0 Å². The molecule has 1 unspecified atom stereocenters. The molecule has 0 radical (unpaired) electrons. The van der Waals surface area contributed by atoms with E-state index in [0.717, 1.165) is 50.2 Å². The smallest absolute Gasteiger partial charge is 0.134 e. The SMILES string of the molecule is c1cc2ccc(CC3COCCN(Cc4cncs4)C3)cc2o1. The summed E-state index contributed by atoms with van der Waals surface area (Å²) in [7, 11) is 0. The number of ether oxygens (including phenoxy) is 1. The monoisotopic (exact) mass is 328 g/mol. The van der Waals surface area contributed by atoms with E-state index in [1.165, 1.54) is 10.4 Å². The molecule has 3 aromatic rings. The first kappa shape index (κ1) is 14.9. The first-order chi connectivity index (χ1) is 11.4. The van der Waals surface area contributed by atoms with E-state index < -0.39 is 0 Å². The van der Waals surface area contributed by atoms with Gasteiger partial charge in [0.25, 0.3) is 0 Å². The van der Waals surface area contributed by atoms with Crippen LogP contribution in [0.25, 0.3) is 11.0 Å². The molecule has 4 rings (SSSR count). The normalized spacial score (nSPS) is 19.9. The summed E-state index contributed by atoms with van der Waals surface area (Å²) in [5.74, 6) is 0.512. The molecule has 1 aromatic carbocycles. The molecule has 1 fully saturated rings. The second kappa shape index (κ2) is 6.83. The average Bonchev–Trinajstić information content (AvgIpc) is 3.17. The second-order valence-corrected chi connectivity index (χ2v) is 7.11. The molecule has 2 aromatic heterocycles. The van der Waals surface area contributed by atoms with Gasteiger partial charge in [-0.3, -0.25) is 9.88 Å². The summed E-state index contributed by atoms with van der Waals surface area (Å²) in [6.45, 7) is 4.67. The first-order valence-electron chi connectivity index (χ1n) is 8.00. The Morgan fingerprint density at radius 3 is 3.22 bits per heavy atom. The van der Waals surface area contributed by atoms with Gasteiger partial charge < -0.3 is 9.15 Å². The van der Waals surface area contributed by atoms with Crippen molar-refractivity contribution >= 4 is 22.3 Å². The van der Waals surface area contributed by atoms with Crippen molar-refractivity contribution in [1.29, 1.82) is 0 Å². The zero-order chi connectivity index (χ0) is 15.5. The molecule has 5 heteroatoms. The van der Waals surface area contributed by atoms with Crippen molar-refractivity contribution in [3.63, 3.8) is 0 Å². The Balaban J connectivity index is 1.44. The minimum absolute atomic E-state index is 0.512. The Kier molecular flexibility index (Phi) is 4.41. The van der Waals surface area contributed by atoms with E-state index in [-0.39, 0.29) is 0 Å². The Hall–Kier alpha value is -1.69. The molecule has 0 aliphatic carbocycles. The highest BCUT2D eigenvalue weighted by Gasteiger charge is 2.20. The minimum Gasteiger partial charge on any atom is -0.464 e. The third-order valence-electron chi connectivity index (χ3n) is 4.33. The first-order valence-corrected chi connectivity index (χ1v) is 8.88. The maximum absolute atomic E-state index is 5.82. The summed E-state index contributed by atoms with van der Waals surface area (Å²) in [4.78, 5) is 7.98. The van der Waals surface area contributed by atoms with Crippen LogP contribution in [0.2, 0.25) is 0 Å². The van der Waals surface area contributed by atoms with Gasteiger partial charge in [0, 0.05) is 36.1 Å². The Labute approximate surface area is 139 Å². The summed E-state index contributed by atoms with van der Waals surface area (Å²) in [6, 6.07) is 8.51. The Morgan fingerprint density at radius 1 is 1.30 bits per heavy atom. The van der Waals surface area contributed by atoms with Gasteiger partial charge in [0.1, 0.15) is 5.58 Å². The van der Waals surface area contributed by atoms with Gasteiger partial charge in [0.2, 0.25) is 0 Å². The van der Waals surface area contributed by atoms with Crippen molar-refractivity contribution < 1.29 is 9.15 Å². The quantitative estimate of drug-likeness (QED) is 0.734. The van der Waals surface area contributed by atoms with Gasteiger partial charge in [-0.05, 0) is 30.0 Å². The van der Waals surface area contributed by atoms with E-state index in [0.29, 0.717) is 5.92 Å². The van der Waals surface area contributed by atoms with Gasteiger partial charge in [0.05, 0.1) is 25.0 Å². The van der Waals surface area contributed by atoms with Crippen LogP contribution in [0.4, 0.5) is 0 Å². The predicted octanol–water partition coefficient (Wildman–Crippen LogP) is 3.58. The van der Waals surface area contributed by atoms with Gasteiger partial charge in [-0.1, -0.05) is 12.1 Å². The molecule has 0 saturated carbocycles. The van der Waals surface area contributed by atoms with Crippen LogP contribution >= 0.6 is 11.3 Å². The number of aromatic nitrogens is 1. The number of furan rings is 1. The van der Waals surface area contributed by atoms with E-state index in [1.807, 2.05) is 17.8 Å². The van der Waals surface area contributed by atoms with Gasteiger partial charge >= 0.3 is 0 Å². The maximum Gasteiger partial charge on any atom is 0.134 e. The molecule has 0 amide bonds. The van der Waals surface area contributed by atoms with E-state index >= 15 is 0 Å². The molecule has 4 nitrogen and oxygen atoms in total. The lowest BCUT2D eigenvalue weighted by Crippen LogP contribution is -2.30. The number of thiazole rings is 1.